The van der Waals surface area contributed by atoms with Gasteiger partial charge in [-0.05, 0) is 23.7 Å². The Hall–Kier alpha value is -2.46. The van der Waals surface area contributed by atoms with E-state index in [1.165, 1.54) is 12.1 Å². The molecule has 0 aliphatic carbocycles. The van der Waals surface area contributed by atoms with Gasteiger partial charge in [0.05, 0.1) is 5.69 Å². The van der Waals surface area contributed by atoms with Crippen LogP contribution in [0.2, 0.25) is 5.28 Å². The molecule has 0 radical (unpaired) electrons. The average molecular weight is 279 g/mol. The number of hydrogen-bond acceptors (Lipinski definition) is 6. The number of halogens is 2. The zero-order valence-electron chi connectivity index (χ0n) is 9.78. The van der Waals surface area contributed by atoms with Crippen molar-refractivity contribution in [1.82, 2.24) is 15.0 Å². The minimum absolute atomic E-state index is 0.0169. The van der Waals surface area contributed by atoms with Gasteiger partial charge >= 0.3 is 0 Å². The van der Waals surface area contributed by atoms with Crippen LogP contribution in [0.15, 0.2) is 18.2 Å². The van der Waals surface area contributed by atoms with E-state index in [-0.39, 0.29) is 28.4 Å². The Kier molecular flexibility index (Phi) is 3.73. The number of nitrogens with one attached hydrogen (secondary N) is 2. The van der Waals surface area contributed by atoms with Gasteiger partial charge in [-0.25, -0.2) is 4.39 Å². The minimum Gasteiger partial charge on any atom is -0.357 e. The highest BCUT2D eigenvalue weighted by molar-refractivity contribution is 6.28. The van der Waals surface area contributed by atoms with Crippen molar-refractivity contribution in [2.45, 2.75) is 0 Å². The number of rotatable bonds is 3. The molecule has 0 amide bonds. The Balaban J connectivity index is 2.39. The fourth-order valence-electron chi connectivity index (χ4n) is 1.38. The van der Waals surface area contributed by atoms with E-state index in [0.29, 0.717) is 0 Å². The van der Waals surface area contributed by atoms with Gasteiger partial charge in [-0.2, -0.15) is 20.2 Å². The quantitative estimate of drug-likeness (QED) is 0.896. The van der Waals surface area contributed by atoms with E-state index in [1.807, 2.05) is 0 Å². The fraction of sp³-hybridized carbons (Fsp3) is 0.0909. The first-order valence-corrected chi connectivity index (χ1v) is 5.57. The zero-order valence-corrected chi connectivity index (χ0v) is 10.5. The van der Waals surface area contributed by atoms with E-state index in [9.17, 15) is 4.39 Å². The molecule has 0 fully saturated rings. The van der Waals surface area contributed by atoms with Gasteiger partial charge in [-0.3, -0.25) is 0 Å². The molecule has 0 aliphatic heterocycles. The Morgan fingerprint density at radius 1 is 1.26 bits per heavy atom. The Bertz CT molecular complexity index is 654. The summed E-state index contributed by atoms with van der Waals surface area (Å²) >= 11 is 5.72. The lowest BCUT2D eigenvalue weighted by molar-refractivity contribution is 0.624. The lowest BCUT2D eigenvalue weighted by Crippen LogP contribution is -2.05. The van der Waals surface area contributed by atoms with Crippen LogP contribution in [-0.2, 0) is 0 Å². The van der Waals surface area contributed by atoms with Crippen molar-refractivity contribution in [2.24, 2.45) is 0 Å². The Labute approximate surface area is 113 Å². The van der Waals surface area contributed by atoms with Gasteiger partial charge in [-0.15, -0.1) is 0 Å². The molecule has 1 heterocycles. The van der Waals surface area contributed by atoms with Crippen LogP contribution < -0.4 is 10.6 Å². The Morgan fingerprint density at radius 3 is 2.68 bits per heavy atom. The molecule has 0 saturated heterocycles. The number of benzene rings is 1. The molecule has 1 aromatic carbocycles. The van der Waals surface area contributed by atoms with Crippen LogP contribution >= 0.6 is 11.6 Å². The van der Waals surface area contributed by atoms with Crippen molar-refractivity contribution in [3.8, 4) is 6.07 Å². The van der Waals surface area contributed by atoms with E-state index in [2.05, 4.69) is 25.6 Å². The third-order valence-corrected chi connectivity index (χ3v) is 2.37. The highest BCUT2D eigenvalue weighted by Gasteiger charge is 2.10. The molecular weight excluding hydrogens is 271 g/mol. The van der Waals surface area contributed by atoms with Crippen LogP contribution in [0.25, 0.3) is 0 Å². The van der Waals surface area contributed by atoms with Crippen molar-refractivity contribution >= 4 is 29.2 Å². The molecule has 2 rings (SSSR count). The lowest BCUT2D eigenvalue weighted by Gasteiger charge is -2.08. The maximum atomic E-state index is 13.4. The maximum Gasteiger partial charge on any atom is 0.233 e. The van der Waals surface area contributed by atoms with Gasteiger partial charge < -0.3 is 10.6 Å². The standard InChI is InChI=1S/C11H8ClFN6/c1-15-10-17-9(12)18-11(19-10)16-8-4-2-3-7(13)6(8)5-14/h2-4H,1H3,(H2,15,16,17,18,19). The third-order valence-electron chi connectivity index (χ3n) is 2.20. The van der Waals surface area contributed by atoms with Crippen LogP contribution in [0.1, 0.15) is 5.56 Å². The van der Waals surface area contributed by atoms with Crippen LogP contribution in [0.3, 0.4) is 0 Å². The molecule has 0 saturated carbocycles. The van der Waals surface area contributed by atoms with E-state index in [0.717, 1.165) is 0 Å². The largest absolute Gasteiger partial charge is 0.357 e. The summed E-state index contributed by atoms with van der Waals surface area (Å²) in [5.74, 6) is -0.245. The molecule has 96 valence electrons. The van der Waals surface area contributed by atoms with Gasteiger partial charge in [0.1, 0.15) is 17.4 Å². The summed E-state index contributed by atoms with van der Waals surface area (Å²) in [6.07, 6.45) is 0. The smallest absolute Gasteiger partial charge is 0.233 e. The van der Waals surface area contributed by atoms with Crippen molar-refractivity contribution in [3.05, 3.63) is 34.9 Å². The first-order valence-electron chi connectivity index (χ1n) is 5.19. The number of nitrogens with zero attached hydrogens (tertiary/aromatic N) is 4. The van der Waals surface area contributed by atoms with Gasteiger partial charge in [-0.1, -0.05) is 6.07 Å². The topological polar surface area (TPSA) is 86.5 Å². The number of hydrogen-bond donors (Lipinski definition) is 2. The summed E-state index contributed by atoms with van der Waals surface area (Å²) in [7, 11) is 1.62. The molecule has 6 nitrogen and oxygen atoms in total. The molecule has 0 spiro atoms. The fourth-order valence-corrected chi connectivity index (χ4v) is 1.54. The van der Waals surface area contributed by atoms with Crippen LogP contribution in [0.5, 0.6) is 0 Å². The zero-order chi connectivity index (χ0) is 13.8. The molecule has 2 N–H and O–H groups in total. The van der Waals surface area contributed by atoms with Crippen LogP contribution in [0, 0.1) is 17.1 Å². The van der Waals surface area contributed by atoms with Crippen molar-refractivity contribution in [3.63, 3.8) is 0 Å². The predicted octanol–water partition coefficient (Wildman–Crippen LogP) is 2.32. The van der Waals surface area contributed by atoms with Gasteiger partial charge in [0.15, 0.2) is 0 Å². The molecule has 8 heteroatoms. The van der Waals surface area contributed by atoms with Gasteiger partial charge in [0, 0.05) is 7.05 Å². The van der Waals surface area contributed by atoms with E-state index < -0.39 is 5.82 Å². The molecule has 0 bridgehead atoms. The average Bonchev–Trinajstić information content (AvgIpc) is 2.38. The summed E-state index contributed by atoms with van der Waals surface area (Å²) < 4.78 is 13.4. The summed E-state index contributed by atoms with van der Waals surface area (Å²) in [4.78, 5) is 11.6. The van der Waals surface area contributed by atoms with Crippen molar-refractivity contribution in [2.75, 3.05) is 17.7 Å². The third kappa shape index (κ3) is 2.86. The van der Waals surface area contributed by atoms with E-state index in [4.69, 9.17) is 16.9 Å². The molecule has 2 aromatic rings. The molecule has 0 aliphatic rings. The molecule has 0 unspecified atom stereocenters. The molecule has 0 atom stereocenters. The SMILES string of the molecule is CNc1nc(Cl)nc(Nc2cccc(F)c2C#N)n1. The first-order chi connectivity index (χ1) is 9.13. The summed E-state index contributed by atoms with van der Waals surface area (Å²) in [6.45, 7) is 0. The van der Waals surface area contributed by atoms with E-state index in [1.54, 1.807) is 19.2 Å². The maximum absolute atomic E-state index is 13.4. The monoisotopic (exact) mass is 278 g/mol. The summed E-state index contributed by atoms with van der Waals surface area (Å²) in [5.41, 5.74) is 0.136. The second-order valence-corrected chi connectivity index (χ2v) is 3.74. The second kappa shape index (κ2) is 5.46. The predicted molar refractivity (Wildman–Crippen MR) is 68.8 cm³/mol. The van der Waals surface area contributed by atoms with Gasteiger partial charge in [0.25, 0.3) is 0 Å². The molecular formula is C11H8ClFN6. The van der Waals surface area contributed by atoms with E-state index >= 15 is 0 Å². The lowest BCUT2D eigenvalue weighted by atomic mass is 10.2. The Morgan fingerprint density at radius 2 is 2.00 bits per heavy atom. The molecule has 19 heavy (non-hydrogen) atoms. The highest BCUT2D eigenvalue weighted by Crippen LogP contribution is 2.21. The highest BCUT2D eigenvalue weighted by atomic mass is 35.5. The number of nitriles is 1. The summed E-state index contributed by atoms with van der Waals surface area (Å²) in [6, 6.07) is 5.98. The number of anilines is 3. The minimum atomic E-state index is -0.624. The van der Waals surface area contributed by atoms with Crippen molar-refractivity contribution < 1.29 is 4.39 Å². The van der Waals surface area contributed by atoms with Crippen molar-refractivity contribution in [1.29, 1.82) is 5.26 Å². The van der Waals surface area contributed by atoms with Crippen LogP contribution in [-0.4, -0.2) is 22.0 Å². The van der Waals surface area contributed by atoms with Crippen LogP contribution in [0.4, 0.5) is 22.0 Å². The molecule has 1 aromatic heterocycles. The van der Waals surface area contributed by atoms with Gasteiger partial charge in [0.2, 0.25) is 17.2 Å². The second-order valence-electron chi connectivity index (χ2n) is 3.40. The first kappa shape index (κ1) is 13.0. The normalized spacial score (nSPS) is 9.79. The number of aromatic nitrogens is 3. The summed E-state index contributed by atoms with van der Waals surface area (Å²) in [5, 5.41) is 14.3.